The largest absolute Gasteiger partial charge is 0.409 e. The molecule has 0 saturated heterocycles. The van der Waals surface area contributed by atoms with Crippen LogP contribution in [0, 0.1) is 0 Å². The molecule has 1 aliphatic rings. The maximum atomic E-state index is 12.6. The van der Waals surface area contributed by atoms with Gasteiger partial charge >= 0.3 is 6.18 Å². The third kappa shape index (κ3) is 3.56. The first kappa shape index (κ1) is 15.0. The van der Waals surface area contributed by atoms with E-state index in [9.17, 15) is 13.2 Å². The van der Waals surface area contributed by atoms with Crippen molar-refractivity contribution in [1.82, 2.24) is 0 Å². The van der Waals surface area contributed by atoms with Crippen LogP contribution in [0.1, 0.15) is 18.4 Å². The van der Waals surface area contributed by atoms with Crippen molar-refractivity contribution in [3.8, 4) is 0 Å². The fourth-order valence-corrected chi connectivity index (χ4v) is 2.55. The molecule has 2 rings (SSSR count). The molecule has 3 N–H and O–H groups in total. The number of nitrogens with two attached hydrogens (primary N) is 1. The summed E-state index contributed by atoms with van der Waals surface area (Å²) in [4.78, 5) is 1.33. The highest BCUT2D eigenvalue weighted by atomic mass is 79.9. The fourth-order valence-electron chi connectivity index (χ4n) is 1.95. The Balaban J connectivity index is 2.30. The van der Waals surface area contributed by atoms with Gasteiger partial charge in [0.25, 0.3) is 0 Å². The molecule has 0 aromatic heterocycles. The van der Waals surface area contributed by atoms with E-state index in [1.807, 2.05) is 0 Å². The lowest BCUT2D eigenvalue weighted by molar-refractivity contribution is -0.120. The molecule has 4 nitrogen and oxygen atoms in total. The maximum absolute atomic E-state index is 12.6. The van der Waals surface area contributed by atoms with Gasteiger partial charge in [-0.05, 0) is 47.0 Å². The van der Waals surface area contributed by atoms with Crippen molar-refractivity contribution in [3.63, 3.8) is 0 Å². The fraction of sp³-hybridized carbons (Fsp3) is 0.417. The van der Waals surface area contributed by atoms with Crippen LogP contribution < -0.4 is 10.6 Å². The molecular weight excluding hydrogens is 339 g/mol. The van der Waals surface area contributed by atoms with Crippen LogP contribution in [0.25, 0.3) is 0 Å². The molecule has 0 heterocycles. The lowest BCUT2D eigenvalue weighted by Crippen LogP contribution is -2.36. The first-order valence-electron chi connectivity index (χ1n) is 5.92. The standard InChI is InChI=1S/C12H13BrF3N3O/c13-9-5-7(11(17)18-20)1-4-10(9)19(8-2-3-8)6-12(14,15)16/h1,4-5,8,20H,2-3,6H2,(H2,17,18). The van der Waals surface area contributed by atoms with Crippen LogP contribution in [0.3, 0.4) is 0 Å². The van der Waals surface area contributed by atoms with Crippen molar-refractivity contribution in [2.75, 3.05) is 11.4 Å². The second-order valence-corrected chi connectivity index (χ2v) is 5.48. The molecule has 0 spiro atoms. The van der Waals surface area contributed by atoms with Crippen LogP contribution in [-0.4, -0.2) is 29.8 Å². The van der Waals surface area contributed by atoms with Crippen molar-refractivity contribution in [3.05, 3.63) is 28.2 Å². The molecule has 8 heteroatoms. The molecule has 0 bridgehead atoms. The number of alkyl halides is 3. The monoisotopic (exact) mass is 351 g/mol. The summed E-state index contributed by atoms with van der Waals surface area (Å²) in [6.07, 6.45) is -2.75. The van der Waals surface area contributed by atoms with E-state index in [-0.39, 0.29) is 11.9 Å². The van der Waals surface area contributed by atoms with Crippen LogP contribution in [0.15, 0.2) is 27.8 Å². The Hall–Kier alpha value is -1.44. The number of anilines is 1. The Labute approximate surface area is 122 Å². The summed E-state index contributed by atoms with van der Waals surface area (Å²) in [5.74, 6) is -0.0916. The molecule has 1 aromatic rings. The van der Waals surface area contributed by atoms with E-state index < -0.39 is 12.7 Å². The molecule has 0 radical (unpaired) electrons. The van der Waals surface area contributed by atoms with Crippen molar-refractivity contribution in [2.24, 2.45) is 10.9 Å². The number of halogens is 4. The minimum absolute atomic E-state index is 0.0809. The SMILES string of the molecule is N/C(=N/O)c1ccc(N(CC(F)(F)F)C2CC2)c(Br)c1. The smallest absolute Gasteiger partial charge is 0.405 e. The summed E-state index contributed by atoms with van der Waals surface area (Å²) < 4.78 is 38.4. The van der Waals surface area contributed by atoms with E-state index in [4.69, 9.17) is 10.9 Å². The zero-order valence-corrected chi connectivity index (χ0v) is 11.9. The van der Waals surface area contributed by atoms with Crippen molar-refractivity contribution >= 4 is 27.5 Å². The van der Waals surface area contributed by atoms with Crippen LogP contribution in [0.5, 0.6) is 0 Å². The number of nitrogens with zero attached hydrogens (tertiary/aromatic N) is 2. The number of benzene rings is 1. The Kier molecular flexibility index (Phi) is 4.12. The summed E-state index contributed by atoms with van der Waals surface area (Å²) in [6.45, 7) is -0.987. The van der Waals surface area contributed by atoms with Gasteiger partial charge in [-0.25, -0.2) is 0 Å². The van der Waals surface area contributed by atoms with Crippen molar-refractivity contribution in [1.29, 1.82) is 0 Å². The maximum Gasteiger partial charge on any atom is 0.405 e. The molecular formula is C12H13BrF3N3O. The van der Waals surface area contributed by atoms with Gasteiger partial charge in [-0.3, -0.25) is 0 Å². The lowest BCUT2D eigenvalue weighted by Gasteiger charge is -2.27. The molecule has 0 unspecified atom stereocenters. The highest BCUT2D eigenvalue weighted by Gasteiger charge is 2.38. The molecule has 0 aliphatic heterocycles. The minimum atomic E-state index is -4.26. The Morgan fingerprint density at radius 2 is 2.10 bits per heavy atom. The molecule has 20 heavy (non-hydrogen) atoms. The van der Waals surface area contributed by atoms with Gasteiger partial charge in [0.2, 0.25) is 0 Å². The number of rotatable bonds is 4. The molecule has 0 atom stereocenters. The molecule has 1 aliphatic carbocycles. The van der Waals surface area contributed by atoms with Gasteiger partial charge in [0.15, 0.2) is 5.84 Å². The van der Waals surface area contributed by atoms with Crippen LogP contribution in [0.4, 0.5) is 18.9 Å². The topological polar surface area (TPSA) is 61.9 Å². The molecule has 1 aromatic carbocycles. The van der Waals surface area contributed by atoms with Gasteiger partial charge in [0.1, 0.15) is 6.54 Å². The van der Waals surface area contributed by atoms with Crippen LogP contribution in [-0.2, 0) is 0 Å². The lowest BCUT2D eigenvalue weighted by atomic mass is 10.1. The van der Waals surface area contributed by atoms with Crippen LogP contribution in [0.2, 0.25) is 0 Å². The number of hydrogen-bond donors (Lipinski definition) is 2. The second kappa shape index (κ2) is 5.51. The second-order valence-electron chi connectivity index (χ2n) is 4.63. The van der Waals surface area contributed by atoms with E-state index in [0.717, 1.165) is 12.8 Å². The highest BCUT2D eigenvalue weighted by molar-refractivity contribution is 9.10. The van der Waals surface area contributed by atoms with E-state index >= 15 is 0 Å². The summed E-state index contributed by atoms with van der Waals surface area (Å²) in [7, 11) is 0. The van der Waals surface area contributed by atoms with E-state index in [1.165, 1.54) is 17.0 Å². The van der Waals surface area contributed by atoms with E-state index in [0.29, 0.717) is 15.7 Å². The van der Waals surface area contributed by atoms with Gasteiger partial charge in [-0.1, -0.05) is 5.16 Å². The number of oxime groups is 1. The molecule has 1 saturated carbocycles. The van der Waals surface area contributed by atoms with Gasteiger partial charge < -0.3 is 15.8 Å². The first-order chi connectivity index (χ1) is 9.31. The Bertz CT molecular complexity index is 529. The number of amidine groups is 1. The highest BCUT2D eigenvalue weighted by Crippen LogP contribution is 2.38. The van der Waals surface area contributed by atoms with E-state index in [2.05, 4.69) is 21.1 Å². The summed E-state index contributed by atoms with van der Waals surface area (Å²) in [5.41, 5.74) is 6.34. The Morgan fingerprint density at radius 3 is 2.55 bits per heavy atom. The predicted octanol–water partition coefficient (Wildman–Crippen LogP) is 3.07. The summed E-state index contributed by atoms with van der Waals surface area (Å²) >= 11 is 3.25. The van der Waals surface area contributed by atoms with Crippen molar-refractivity contribution in [2.45, 2.75) is 25.1 Å². The molecule has 0 amide bonds. The van der Waals surface area contributed by atoms with Gasteiger partial charge in [0.05, 0.1) is 5.69 Å². The summed E-state index contributed by atoms with van der Waals surface area (Å²) in [6, 6.07) is 4.53. The third-order valence-corrected chi connectivity index (χ3v) is 3.63. The average Bonchev–Trinajstić information content (AvgIpc) is 3.18. The van der Waals surface area contributed by atoms with Crippen molar-refractivity contribution < 1.29 is 18.4 Å². The van der Waals surface area contributed by atoms with Crippen LogP contribution >= 0.6 is 15.9 Å². The molecule has 1 fully saturated rings. The quantitative estimate of drug-likeness (QED) is 0.379. The average molecular weight is 352 g/mol. The zero-order chi connectivity index (χ0) is 14.9. The first-order valence-corrected chi connectivity index (χ1v) is 6.72. The van der Waals surface area contributed by atoms with Gasteiger partial charge in [0, 0.05) is 16.1 Å². The minimum Gasteiger partial charge on any atom is -0.409 e. The number of hydrogen-bond acceptors (Lipinski definition) is 3. The van der Waals surface area contributed by atoms with E-state index in [1.54, 1.807) is 6.07 Å². The third-order valence-electron chi connectivity index (χ3n) is 3.00. The zero-order valence-electron chi connectivity index (χ0n) is 10.4. The Morgan fingerprint density at radius 1 is 1.45 bits per heavy atom. The normalized spacial score (nSPS) is 16.3. The van der Waals surface area contributed by atoms with Gasteiger partial charge in [-0.15, -0.1) is 0 Å². The van der Waals surface area contributed by atoms with Gasteiger partial charge in [-0.2, -0.15) is 13.2 Å². The summed E-state index contributed by atoms with van der Waals surface area (Å²) in [5, 5.41) is 11.5. The molecule has 110 valence electrons. The predicted molar refractivity (Wildman–Crippen MR) is 73.1 cm³/mol.